The average molecular weight is 400 g/mol. The van der Waals surface area contributed by atoms with E-state index in [0.717, 1.165) is 30.9 Å². The van der Waals surface area contributed by atoms with Crippen LogP contribution in [-0.2, 0) is 4.79 Å². The number of carbonyl (C=O) groups excluding carboxylic acids is 2. The van der Waals surface area contributed by atoms with E-state index in [0.29, 0.717) is 23.3 Å². The van der Waals surface area contributed by atoms with Gasteiger partial charge < -0.3 is 15.5 Å². The lowest BCUT2D eigenvalue weighted by Gasteiger charge is -2.35. The molecule has 5 heteroatoms. The van der Waals surface area contributed by atoms with E-state index < -0.39 is 0 Å². The first kappa shape index (κ1) is 21.7. The lowest BCUT2D eigenvalue weighted by atomic mass is 9.89. The highest BCUT2D eigenvalue weighted by Gasteiger charge is 2.26. The zero-order valence-corrected chi connectivity index (χ0v) is 18.3. The van der Waals surface area contributed by atoms with E-state index in [-0.39, 0.29) is 18.4 Å². The number of hydrogen-bond donors (Lipinski definition) is 2. The standard InChI is InChI=1S/C24H37N3O2/c1-17-11-18(2)16-27(15-17)24(29)21-10-9-19(3)22(12-21)25-14-23(28)26-13-20-7-5-4-6-8-20/h9-10,12,17-18,20,25H,4-8,11,13-16H2,1-3H3,(H,26,28). The summed E-state index contributed by atoms with van der Waals surface area (Å²) >= 11 is 0. The zero-order valence-electron chi connectivity index (χ0n) is 18.3. The molecule has 0 bridgehead atoms. The number of piperidine rings is 1. The van der Waals surface area contributed by atoms with E-state index in [4.69, 9.17) is 0 Å². The van der Waals surface area contributed by atoms with Crippen molar-refractivity contribution in [3.8, 4) is 0 Å². The number of amides is 2. The van der Waals surface area contributed by atoms with Gasteiger partial charge in [0, 0.05) is 30.9 Å². The maximum Gasteiger partial charge on any atom is 0.253 e. The molecule has 0 spiro atoms. The molecular formula is C24H37N3O2. The average Bonchev–Trinajstić information content (AvgIpc) is 2.71. The van der Waals surface area contributed by atoms with E-state index in [1.807, 2.05) is 30.0 Å². The van der Waals surface area contributed by atoms with Crippen LogP contribution in [0.5, 0.6) is 0 Å². The molecule has 1 aliphatic carbocycles. The van der Waals surface area contributed by atoms with E-state index in [1.54, 1.807) is 0 Å². The van der Waals surface area contributed by atoms with Crippen molar-refractivity contribution < 1.29 is 9.59 Å². The molecule has 2 fully saturated rings. The van der Waals surface area contributed by atoms with Crippen LogP contribution in [0.15, 0.2) is 18.2 Å². The molecule has 1 aromatic rings. The number of aryl methyl sites for hydroxylation is 1. The summed E-state index contributed by atoms with van der Waals surface area (Å²) in [4.78, 5) is 27.2. The lowest BCUT2D eigenvalue weighted by Crippen LogP contribution is -2.42. The summed E-state index contributed by atoms with van der Waals surface area (Å²) in [6.07, 6.45) is 7.53. The Morgan fingerprint density at radius 2 is 1.76 bits per heavy atom. The molecule has 1 saturated heterocycles. The van der Waals surface area contributed by atoms with Crippen molar-refractivity contribution in [1.29, 1.82) is 0 Å². The van der Waals surface area contributed by atoms with Gasteiger partial charge in [0.1, 0.15) is 0 Å². The summed E-state index contributed by atoms with van der Waals surface area (Å²) < 4.78 is 0. The highest BCUT2D eigenvalue weighted by Crippen LogP contribution is 2.25. The van der Waals surface area contributed by atoms with Gasteiger partial charge in [0.2, 0.25) is 5.91 Å². The second-order valence-corrected chi connectivity index (χ2v) is 9.35. The normalized spacial score (nSPS) is 22.9. The number of nitrogens with one attached hydrogen (secondary N) is 2. The van der Waals surface area contributed by atoms with Crippen LogP contribution in [0, 0.1) is 24.7 Å². The first-order chi connectivity index (χ1) is 13.9. The number of anilines is 1. The third kappa shape index (κ3) is 6.22. The molecule has 3 rings (SSSR count). The minimum atomic E-state index is 0.0189. The Morgan fingerprint density at radius 1 is 1.07 bits per heavy atom. The van der Waals surface area contributed by atoms with Crippen molar-refractivity contribution in [2.45, 2.75) is 59.3 Å². The predicted molar refractivity (Wildman–Crippen MR) is 118 cm³/mol. The predicted octanol–water partition coefficient (Wildman–Crippen LogP) is 4.22. The van der Waals surface area contributed by atoms with Crippen LogP contribution in [0.1, 0.15) is 68.3 Å². The smallest absolute Gasteiger partial charge is 0.253 e. The minimum Gasteiger partial charge on any atom is -0.376 e. The van der Waals surface area contributed by atoms with E-state index in [2.05, 4.69) is 24.5 Å². The van der Waals surface area contributed by atoms with E-state index in [1.165, 1.54) is 38.5 Å². The van der Waals surface area contributed by atoms with Crippen LogP contribution in [-0.4, -0.2) is 42.9 Å². The Morgan fingerprint density at radius 3 is 2.45 bits per heavy atom. The molecule has 0 radical (unpaired) electrons. The second kappa shape index (κ2) is 10.1. The molecule has 2 unspecified atom stereocenters. The first-order valence-corrected chi connectivity index (χ1v) is 11.3. The molecule has 1 aromatic carbocycles. The quantitative estimate of drug-likeness (QED) is 0.753. The Bertz CT molecular complexity index is 702. The SMILES string of the molecule is Cc1ccc(C(=O)N2CC(C)CC(C)C2)cc1NCC(=O)NCC1CCCCC1. The molecule has 2 atom stereocenters. The van der Waals surface area contributed by atoms with Gasteiger partial charge in [-0.05, 0) is 61.6 Å². The molecule has 2 aliphatic rings. The minimum absolute atomic E-state index is 0.0189. The van der Waals surface area contributed by atoms with Crippen molar-refractivity contribution in [2.75, 3.05) is 31.5 Å². The molecule has 160 valence electrons. The molecule has 1 aliphatic heterocycles. The number of rotatable bonds is 6. The Kier molecular flexibility index (Phi) is 7.57. The molecule has 2 N–H and O–H groups in total. The Labute approximate surface area is 175 Å². The summed E-state index contributed by atoms with van der Waals surface area (Å²) in [7, 11) is 0. The maximum absolute atomic E-state index is 13.0. The second-order valence-electron chi connectivity index (χ2n) is 9.35. The zero-order chi connectivity index (χ0) is 20.8. The number of likely N-dealkylation sites (tertiary alicyclic amines) is 1. The van der Waals surface area contributed by atoms with Crippen molar-refractivity contribution in [1.82, 2.24) is 10.2 Å². The van der Waals surface area contributed by atoms with Gasteiger partial charge in [-0.15, -0.1) is 0 Å². The highest BCUT2D eigenvalue weighted by atomic mass is 16.2. The van der Waals surface area contributed by atoms with Crippen LogP contribution < -0.4 is 10.6 Å². The molecule has 0 aromatic heterocycles. The lowest BCUT2D eigenvalue weighted by molar-refractivity contribution is -0.119. The number of carbonyl (C=O) groups is 2. The summed E-state index contributed by atoms with van der Waals surface area (Å²) in [5.41, 5.74) is 2.60. The van der Waals surface area contributed by atoms with Gasteiger partial charge in [0.25, 0.3) is 5.91 Å². The monoisotopic (exact) mass is 399 g/mol. The van der Waals surface area contributed by atoms with Crippen LogP contribution in [0.3, 0.4) is 0 Å². The Hall–Kier alpha value is -2.04. The number of hydrogen-bond acceptors (Lipinski definition) is 3. The summed E-state index contributed by atoms with van der Waals surface area (Å²) in [5, 5.41) is 6.30. The van der Waals surface area contributed by atoms with Gasteiger partial charge in [0.05, 0.1) is 6.54 Å². The fourth-order valence-electron chi connectivity index (χ4n) is 4.84. The maximum atomic E-state index is 13.0. The molecule has 29 heavy (non-hydrogen) atoms. The van der Waals surface area contributed by atoms with Gasteiger partial charge >= 0.3 is 0 Å². The fourth-order valence-corrected chi connectivity index (χ4v) is 4.84. The number of nitrogens with zero attached hydrogens (tertiary/aromatic N) is 1. The van der Waals surface area contributed by atoms with Gasteiger partial charge in [-0.1, -0.05) is 39.2 Å². The summed E-state index contributed by atoms with van der Waals surface area (Å²) in [5.74, 6) is 1.82. The Balaban J connectivity index is 1.54. The van der Waals surface area contributed by atoms with Crippen molar-refractivity contribution >= 4 is 17.5 Å². The van der Waals surface area contributed by atoms with Crippen LogP contribution in [0.4, 0.5) is 5.69 Å². The van der Waals surface area contributed by atoms with Gasteiger partial charge in [-0.25, -0.2) is 0 Å². The van der Waals surface area contributed by atoms with Gasteiger partial charge in [-0.3, -0.25) is 9.59 Å². The molecule has 1 saturated carbocycles. The molecule has 1 heterocycles. The van der Waals surface area contributed by atoms with Gasteiger partial charge in [-0.2, -0.15) is 0 Å². The van der Waals surface area contributed by atoms with Crippen molar-refractivity contribution in [3.05, 3.63) is 29.3 Å². The third-order valence-electron chi connectivity index (χ3n) is 6.39. The topological polar surface area (TPSA) is 61.4 Å². The van der Waals surface area contributed by atoms with Crippen LogP contribution in [0.25, 0.3) is 0 Å². The van der Waals surface area contributed by atoms with E-state index in [9.17, 15) is 9.59 Å². The van der Waals surface area contributed by atoms with Crippen molar-refractivity contribution in [3.63, 3.8) is 0 Å². The number of benzene rings is 1. The first-order valence-electron chi connectivity index (χ1n) is 11.3. The van der Waals surface area contributed by atoms with Crippen molar-refractivity contribution in [2.24, 2.45) is 17.8 Å². The summed E-state index contributed by atoms with van der Waals surface area (Å²) in [6, 6.07) is 5.76. The van der Waals surface area contributed by atoms with Crippen LogP contribution in [0.2, 0.25) is 0 Å². The third-order valence-corrected chi connectivity index (χ3v) is 6.39. The van der Waals surface area contributed by atoms with Gasteiger partial charge in [0.15, 0.2) is 0 Å². The molecule has 2 amide bonds. The summed E-state index contributed by atoms with van der Waals surface area (Å²) in [6.45, 7) is 9.09. The largest absolute Gasteiger partial charge is 0.376 e. The fraction of sp³-hybridized carbons (Fsp3) is 0.667. The van der Waals surface area contributed by atoms with E-state index >= 15 is 0 Å². The molecular weight excluding hydrogens is 362 g/mol. The van der Waals surface area contributed by atoms with Crippen LogP contribution >= 0.6 is 0 Å². The molecule has 5 nitrogen and oxygen atoms in total. The highest BCUT2D eigenvalue weighted by molar-refractivity contribution is 5.95.